The summed E-state index contributed by atoms with van der Waals surface area (Å²) >= 11 is 0. The largest absolute Gasteiger partial charge is 0.481 e. The Bertz CT molecular complexity index is 646. The Labute approximate surface area is 156 Å². The molecule has 1 aromatic carbocycles. The molecular formula is C16H24N6O5. The Kier molecular flexibility index (Phi) is 12.0. The molecule has 1 rings (SSSR count). The second-order valence-electron chi connectivity index (χ2n) is 5.07. The first kappa shape index (κ1) is 23.5. The van der Waals surface area contributed by atoms with Gasteiger partial charge in [0, 0.05) is 19.6 Å². The van der Waals surface area contributed by atoms with Crippen molar-refractivity contribution in [3.8, 4) is 0 Å². The third-order valence-electron chi connectivity index (χ3n) is 2.75. The number of benzene rings is 1. The fourth-order valence-corrected chi connectivity index (χ4v) is 1.74. The first-order valence-corrected chi connectivity index (χ1v) is 7.83. The highest BCUT2D eigenvalue weighted by atomic mass is 16.4. The number of hydrazone groups is 1. The first-order chi connectivity index (χ1) is 12.8. The van der Waals surface area contributed by atoms with Gasteiger partial charge >= 0.3 is 6.03 Å². The van der Waals surface area contributed by atoms with Crippen LogP contribution in [0.1, 0.15) is 12.5 Å². The van der Waals surface area contributed by atoms with Crippen LogP contribution in [0.15, 0.2) is 35.4 Å². The van der Waals surface area contributed by atoms with Crippen LogP contribution in [0.5, 0.6) is 0 Å². The van der Waals surface area contributed by atoms with E-state index in [1.165, 1.54) is 6.21 Å². The number of carboxylic acids is 1. The zero-order valence-corrected chi connectivity index (χ0v) is 14.8. The van der Waals surface area contributed by atoms with Crippen molar-refractivity contribution in [2.45, 2.75) is 19.4 Å². The van der Waals surface area contributed by atoms with Gasteiger partial charge in [-0.1, -0.05) is 30.3 Å². The van der Waals surface area contributed by atoms with Crippen LogP contribution in [0.3, 0.4) is 0 Å². The predicted octanol–water partition coefficient (Wildman–Crippen LogP) is -1.47. The van der Waals surface area contributed by atoms with Crippen molar-refractivity contribution in [3.63, 3.8) is 0 Å². The second kappa shape index (κ2) is 13.8. The number of nitrogens with one attached hydrogen (secondary N) is 3. The van der Waals surface area contributed by atoms with Crippen LogP contribution in [0.25, 0.3) is 0 Å². The van der Waals surface area contributed by atoms with E-state index in [-0.39, 0.29) is 19.0 Å². The summed E-state index contributed by atoms with van der Waals surface area (Å²) in [6.45, 7) is 0.950. The van der Waals surface area contributed by atoms with Crippen molar-refractivity contribution in [2.75, 3.05) is 13.1 Å². The van der Waals surface area contributed by atoms with Crippen molar-refractivity contribution in [1.82, 2.24) is 16.1 Å². The molecule has 0 fully saturated rings. The van der Waals surface area contributed by atoms with Gasteiger partial charge in [0.05, 0.1) is 13.1 Å². The molecule has 0 heterocycles. The molecule has 11 nitrogen and oxygen atoms in total. The van der Waals surface area contributed by atoms with Gasteiger partial charge in [-0.2, -0.15) is 5.10 Å². The number of carbonyl (C=O) groups excluding carboxylic acids is 3. The number of urea groups is 1. The van der Waals surface area contributed by atoms with Crippen LogP contribution in [0.4, 0.5) is 4.79 Å². The molecular weight excluding hydrogens is 356 g/mol. The normalized spacial score (nSPS) is 10.9. The summed E-state index contributed by atoms with van der Waals surface area (Å²) in [5, 5.41) is 16.0. The Hall–Kier alpha value is -3.47. The van der Waals surface area contributed by atoms with Crippen molar-refractivity contribution in [1.29, 1.82) is 0 Å². The van der Waals surface area contributed by atoms with E-state index in [0.717, 1.165) is 12.5 Å². The van der Waals surface area contributed by atoms with Gasteiger partial charge in [-0.15, -0.1) is 0 Å². The SMILES string of the molecule is CC(=O)O.NCC(=O)N[C@@H](Cc1ccccc1)C(=O)NC/C=N/NC(N)=O. The second-order valence-corrected chi connectivity index (χ2v) is 5.07. The van der Waals surface area contributed by atoms with E-state index in [2.05, 4.69) is 15.7 Å². The Morgan fingerprint density at radius 3 is 2.33 bits per heavy atom. The summed E-state index contributed by atoms with van der Waals surface area (Å²) in [6, 6.07) is 7.70. The van der Waals surface area contributed by atoms with E-state index in [9.17, 15) is 14.4 Å². The molecule has 8 N–H and O–H groups in total. The number of aliphatic carboxylic acids is 1. The fraction of sp³-hybridized carbons (Fsp3) is 0.312. The summed E-state index contributed by atoms with van der Waals surface area (Å²) < 4.78 is 0. The molecule has 0 radical (unpaired) electrons. The van der Waals surface area contributed by atoms with Crippen LogP contribution >= 0.6 is 0 Å². The molecule has 0 bridgehead atoms. The molecule has 0 saturated heterocycles. The lowest BCUT2D eigenvalue weighted by atomic mass is 10.1. The van der Waals surface area contributed by atoms with Gasteiger partial charge in [-0.05, 0) is 5.56 Å². The minimum Gasteiger partial charge on any atom is -0.481 e. The highest BCUT2D eigenvalue weighted by Gasteiger charge is 2.20. The van der Waals surface area contributed by atoms with E-state index in [1.807, 2.05) is 35.8 Å². The molecule has 0 aliphatic rings. The number of nitrogens with two attached hydrogens (primary N) is 2. The van der Waals surface area contributed by atoms with Gasteiger partial charge in [0.25, 0.3) is 5.97 Å². The number of carbonyl (C=O) groups is 4. The Morgan fingerprint density at radius 1 is 1.22 bits per heavy atom. The summed E-state index contributed by atoms with van der Waals surface area (Å²) in [4.78, 5) is 43.0. The minimum atomic E-state index is -0.833. The predicted molar refractivity (Wildman–Crippen MR) is 98.7 cm³/mol. The van der Waals surface area contributed by atoms with Gasteiger partial charge in [0.15, 0.2) is 0 Å². The average molecular weight is 380 g/mol. The topological polar surface area (TPSA) is 189 Å². The maximum absolute atomic E-state index is 12.2. The van der Waals surface area contributed by atoms with Crippen molar-refractivity contribution >= 4 is 30.0 Å². The van der Waals surface area contributed by atoms with Gasteiger partial charge in [-0.25, -0.2) is 10.2 Å². The fourth-order valence-electron chi connectivity index (χ4n) is 1.74. The van der Waals surface area contributed by atoms with E-state index in [1.54, 1.807) is 0 Å². The first-order valence-electron chi connectivity index (χ1n) is 7.83. The summed E-state index contributed by atoms with van der Waals surface area (Å²) in [5.74, 6) is -1.65. The van der Waals surface area contributed by atoms with E-state index >= 15 is 0 Å². The molecule has 0 saturated carbocycles. The molecule has 1 aromatic rings. The third-order valence-corrected chi connectivity index (χ3v) is 2.75. The van der Waals surface area contributed by atoms with Crippen LogP contribution in [0, 0.1) is 0 Å². The number of amides is 4. The van der Waals surface area contributed by atoms with E-state index in [0.29, 0.717) is 6.42 Å². The lowest BCUT2D eigenvalue weighted by Crippen LogP contribution is -2.50. The number of hydrogen-bond acceptors (Lipinski definition) is 6. The summed E-state index contributed by atoms with van der Waals surface area (Å²) in [5.41, 5.74) is 13.0. The van der Waals surface area contributed by atoms with E-state index < -0.39 is 23.9 Å². The Balaban J connectivity index is 0.00000153. The summed E-state index contributed by atoms with van der Waals surface area (Å²) in [7, 11) is 0. The lowest BCUT2D eigenvalue weighted by molar-refractivity contribution is -0.134. The molecule has 0 unspecified atom stereocenters. The quantitative estimate of drug-likeness (QED) is 0.236. The van der Waals surface area contributed by atoms with Crippen LogP contribution in [0.2, 0.25) is 0 Å². The zero-order chi connectivity index (χ0) is 20.7. The number of hydrogen-bond donors (Lipinski definition) is 6. The molecule has 0 aromatic heterocycles. The monoisotopic (exact) mass is 380 g/mol. The smallest absolute Gasteiger partial charge is 0.332 e. The minimum absolute atomic E-state index is 0.0723. The van der Waals surface area contributed by atoms with Crippen LogP contribution < -0.4 is 27.5 Å². The number of nitrogens with zero attached hydrogens (tertiary/aromatic N) is 1. The van der Waals surface area contributed by atoms with Gasteiger partial charge in [-0.3, -0.25) is 14.4 Å². The highest BCUT2D eigenvalue weighted by molar-refractivity contribution is 5.89. The number of rotatable bonds is 8. The van der Waals surface area contributed by atoms with Crippen molar-refractivity contribution in [2.24, 2.45) is 16.6 Å². The molecule has 0 aliphatic heterocycles. The molecule has 4 amide bonds. The summed E-state index contributed by atoms with van der Waals surface area (Å²) in [6.07, 6.45) is 1.60. The molecule has 11 heteroatoms. The molecule has 0 spiro atoms. The zero-order valence-electron chi connectivity index (χ0n) is 14.8. The third kappa shape index (κ3) is 13.5. The highest BCUT2D eigenvalue weighted by Crippen LogP contribution is 2.03. The number of primary amides is 1. The molecule has 27 heavy (non-hydrogen) atoms. The Morgan fingerprint density at radius 2 is 1.81 bits per heavy atom. The van der Waals surface area contributed by atoms with Gasteiger partial charge in [0.2, 0.25) is 11.8 Å². The van der Waals surface area contributed by atoms with Crippen molar-refractivity contribution < 1.29 is 24.3 Å². The van der Waals surface area contributed by atoms with Gasteiger partial charge in [0.1, 0.15) is 6.04 Å². The molecule has 1 atom stereocenters. The molecule has 0 aliphatic carbocycles. The molecule has 148 valence electrons. The number of carboxylic acid groups (broad SMARTS) is 1. The standard InChI is InChI=1S/C14H20N6O3.C2H4O2/c15-9-12(21)19-11(8-10-4-2-1-3-5-10)13(22)17-6-7-18-20-14(16)23;1-2(3)4/h1-5,7,11H,6,8-9,15H2,(H,17,22)(H,19,21)(H3,16,20,23);1H3,(H,3,4)/b18-7+;/t11-;/m0./s1. The average Bonchev–Trinajstić information content (AvgIpc) is 2.60. The maximum Gasteiger partial charge on any atom is 0.332 e. The van der Waals surface area contributed by atoms with Crippen LogP contribution in [-0.2, 0) is 20.8 Å². The van der Waals surface area contributed by atoms with Crippen molar-refractivity contribution in [3.05, 3.63) is 35.9 Å². The van der Waals surface area contributed by atoms with Gasteiger partial charge < -0.3 is 27.2 Å². The van der Waals surface area contributed by atoms with Crippen LogP contribution in [-0.4, -0.2) is 54.3 Å². The lowest BCUT2D eigenvalue weighted by Gasteiger charge is -2.17. The van der Waals surface area contributed by atoms with E-state index in [4.69, 9.17) is 21.4 Å². The maximum atomic E-state index is 12.2.